The van der Waals surface area contributed by atoms with Crippen LogP contribution < -0.4 is 5.73 Å². The van der Waals surface area contributed by atoms with E-state index in [9.17, 15) is 0 Å². The van der Waals surface area contributed by atoms with Gasteiger partial charge >= 0.3 is 0 Å². The fourth-order valence-corrected chi connectivity index (χ4v) is 2.90. The largest absolute Gasteiger partial charge is 0.398 e. The number of fused-ring (bicyclic) bond motifs is 1. The van der Waals surface area contributed by atoms with Crippen LogP contribution in [0.3, 0.4) is 0 Å². The Morgan fingerprint density at radius 3 is 2.53 bits per heavy atom. The fraction of sp³-hybridized carbons (Fsp3) is 0.250. The number of hydrogen-bond acceptors (Lipinski definition) is 3. The van der Waals surface area contributed by atoms with Crippen molar-refractivity contribution >= 4 is 18.3 Å². The van der Waals surface area contributed by atoms with Crippen LogP contribution in [0.25, 0.3) is 11.1 Å². The Hall–Kier alpha value is -1.45. The van der Waals surface area contributed by atoms with E-state index in [0.717, 1.165) is 30.1 Å². The third-order valence-corrected chi connectivity index (χ3v) is 4.12. The molecule has 0 aromatic heterocycles. The molecule has 2 N–H and O–H groups in total. The Morgan fingerprint density at radius 2 is 1.79 bits per heavy atom. The topological polar surface area (TPSA) is 29.3 Å². The summed E-state index contributed by atoms with van der Waals surface area (Å²) in [6.45, 7) is 2.04. The van der Waals surface area contributed by atoms with Crippen LogP contribution in [0.5, 0.6) is 0 Å². The smallest absolute Gasteiger partial charge is 0.0362 e. The van der Waals surface area contributed by atoms with Gasteiger partial charge in [-0.3, -0.25) is 0 Å². The molecule has 0 unspecified atom stereocenters. The van der Waals surface area contributed by atoms with Crippen molar-refractivity contribution < 1.29 is 0 Å². The minimum Gasteiger partial charge on any atom is -0.398 e. The van der Waals surface area contributed by atoms with Crippen LogP contribution in [0.2, 0.25) is 0 Å². The fourth-order valence-electron chi connectivity index (χ4n) is 2.75. The number of nitrogen functional groups attached to an aromatic ring is 1. The van der Waals surface area contributed by atoms with Gasteiger partial charge in [-0.15, -0.1) is 12.6 Å². The van der Waals surface area contributed by atoms with Gasteiger partial charge < -0.3 is 10.6 Å². The van der Waals surface area contributed by atoms with Crippen LogP contribution in [-0.2, 0) is 13.0 Å². The Labute approximate surface area is 119 Å². The molecule has 0 saturated carbocycles. The van der Waals surface area contributed by atoms with Gasteiger partial charge in [0, 0.05) is 23.7 Å². The van der Waals surface area contributed by atoms with Crippen molar-refractivity contribution in [3.63, 3.8) is 0 Å². The van der Waals surface area contributed by atoms with Gasteiger partial charge in [-0.05, 0) is 53.9 Å². The summed E-state index contributed by atoms with van der Waals surface area (Å²) in [5.74, 6) is 0. The van der Waals surface area contributed by atoms with Crippen molar-refractivity contribution in [3.8, 4) is 11.1 Å². The summed E-state index contributed by atoms with van der Waals surface area (Å²) in [4.78, 5) is 3.31. The summed E-state index contributed by atoms with van der Waals surface area (Å²) >= 11 is 4.34. The normalized spacial score (nSPS) is 15.3. The van der Waals surface area contributed by atoms with Crippen molar-refractivity contribution in [2.75, 3.05) is 19.3 Å². The van der Waals surface area contributed by atoms with Crippen molar-refractivity contribution in [1.29, 1.82) is 0 Å². The van der Waals surface area contributed by atoms with E-state index in [4.69, 9.17) is 5.73 Å². The molecule has 1 aliphatic rings. The highest BCUT2D eigenvalue weighted by Crippen LogP contribution is 2.33. The average Bonchev–Trinajstić information content (AvgIpc) is 2.41. The van der Waals surface area contributed by atoms with Crippen LogP contribution in [0, 0.1) is 0 Å². The minimum atomic E-state index is 0.913. The first kappa shape index (κ1) is 12.6. The highest BCUT2D eigenvalue weighted by Gasteiger charge is 2.19. The molecule has 0 saturated heterocycles. The van der Waals surface area contributed by atoms with Gasteiger partial charge in [-0.1, -0.05) is 18.2 Å². The Balaban J connectivity index is 2.12. The molecule has 1 heterocycles. The zero-order valence-corrected chi connectivity index (χ0v) is 12.0. The number of benzene rings is 2. The average molecular weight is 270 g/mol. The number of nitrogens with two attached hydrogens (primary N) is 1. The van der Waals surface area contributed by atoms with Gasteiger partial charge in [0.25, 0.3) is 0 Å². The quantitative estimate of drug-likeness (QED) is 0.615. The van der Waals surface area contributed by atoms with E-state index in [1.54, 1.807) is 0 Å². The maximum atomic E-state index is 6.14. The minimum absolute atomic E-state index is 0.913. The Kier molecular flexibility index (Phi) is 3.25. The lowest BCUT2D eigenvalue weighted by Gasteiger charge is -2.28. The van der Waals surface area contributed by atoms with E-state index in [2.05, 4.69) is 42.8 Å². The highest BCUT2D eigenvalue weighted by atomic mass is 32.1. The van der Waals surface area contributed by atoms with Crippen LogP contribution in [-0.4, -0.2) is 18.5 Å². The summed E-state index contributed by atoms with van der Waals surface area (Å²) in [5, 5.41) is 0. The van der Waals surface area contributed by atoms with Crippen molar-refractivity contribution in [2.24, 2.45) is 0 Å². The number of rotatable bonds is 1. The van der Waals surface area contributed by atoms with E-state index >= 15 is 0 Å². The van der Waals surface area contributed by atoms with Gasteiger partial charge in [0.2, 0.25) is 0 Å². The van der Waals surface area contributed by atoms with Crippen molar-refractivity contribution in [1.82, 2.24) is 4.90 Å². The molecular weight excluding hydrogens is 252 g/mol. The van der Waals surface area contributed by atoms with Crippen molar-refractivity contribution in [2.45, 2.75) is 17.9 Å². The molecule has 2 nitrogen and oxygen atoms in total. The molecule has 19 heavy (non-hydrogen) atoms. The summed E-state index contributed by atoms with van der Waals surface area (Å²) in [6.07, 6.45) is 1.06. The Bertz CT molecular complexity index is 605. The molecule has 0 atom stereocenters. The molecule has 0 fully saturated rings. The van der Waals surface area contributed by atoms with E-state index in [0.29, 0.717) is 0 Å². The third kappa shape index (κ3) is 2.36. The van der Waals surface area contributed by atoms with E-state index in [-0.39, 0.29) is 0 Å². The molecule has 0 aliphatic carbocycles. The number of nitrogens with zero attached hydrogens (tertiary/aromatic N) is 1. The van der Waals surface area contributed by atoms with Gasteiger partial charge in [-0.2, -0.15) is 0 Å². The molecule has 98 valence electrons. The second-order valence-corrected chi connectivity index (χ2v) is 5.71. The molecule has 2 aromatic carbocycles. The highest BCUT2D eigenvalue weighted by molar-refractivity contribution is 7.80. The summed E-state index contributed by atoms with van der Waals surface area (Å²) in [5.41, 5.74) is 12.3. The first-order valence-corrected chi connectivity index (χ1v) is 6.98. The number of thiol groups is 1. The molecule has 0 spiro atoms. The molecule has 0 bridgehead atoms. The van der Waals surface area contributed by atoms with Crippen molar-refractivity contribution in [3.05, 3.63) is 47.5 Å². The summed E-state index contributed by atoms with van der Waals surface area (Å²) in [6, 6.07) is 12.5. The molecular formula is C16H18N2S. The van der Waals surface area contributed by atoms with Crippen LogP contribution in [0.15, 0.2) is 41.3 Å². The van der Waals surface area contributed by atoms with Gasteiger partial charge in [0.15, 0.2) is 0 Å². The predicted molar refractivity (Wildman–Crippen MR) is 83.6 cm³/mol. The molecule has 2 aromatic rings. The Morgan fingerprint density at radius 1 is 1.05 bits per heavy atom. The lowest BCUT2D eigenvalue weighted by Crippen LogP contribution is -2.27. The molecule has 0 radical (unpaired) electrons. The first-order chi connectivity index (χ1) is 9.15. The second kappa shape index (κ2) is 4.91. The van der Waals surface area contributed by atoms with Crippen LogP contribution >= 0.6 is 12.6 Å². The summed E-state index contributed by atoms with van der Waals surface area (Å²) < 4.78 is 0. The van der Waals surface area contributed by atoms with Gasteiger partial charge in [0.05, 0.1) is 0 Å². The third-order valence-electron chi connectivity index (χ3n) is 3.82. The van der Waals surface area contributed by atoms with E-state index in [1.807, 2.05) is 18.2 Å². The first-order valence-electron chi connectivity index (χ1n) is 6.53. The summed E-state index contributed by atoms with van der Waals surface area (Å²) in [7, 11) is 2.14. The van der Waals surface area contributed by atoms with Gasteiger partial charge in [-0.25, -0.2) is 0 Å². The van der Waals surface area contributed by atoms with Crippen LogP contribution in [0.4, 0.5) is 5.69 Å². The monoisotopic (exact) mass is 270 g/mol. The number of hydrogen-bond donors (Lipinski definition) is 2. The SMILES string of the molecule is CN1CCc2c(-c3ccc(S)cc3)ccc(N)c2C1. The van der Waals surface area contributed by atoms with E-state index < -0.39 is 0 Å². The number of anilines is 1. The number of likely N-dealkylation sites (N-methyl/N-ethyl adjacent to an activating group) is 1. The molecule has 3 heteroatoms. The van der Waals surface area contributed by atoms with E-state index in [1.165, 1.54) is 22.3 Å². The standard InChI is InChI=1S/C16H18N2S/c1-18-9-8-14-13(6-7-16(17)15(14)10-18)11-2-4-12(19)5-3-11/h2-7,19H,8-10,17H2,1H3. The molecule has 0 amide bonds. The van der Waals surface area contributed by atoms with Gasteiger partial charge in [0.1, 0.15) is 0 Å². The zero-order chi connectivity index (χ0) is 13.4. The maximum absolute atomic E-state index is 6.14. The molecule has 3 rings (SSSR count). The molecule has 1 aliphatic heterocycles. The lowest BCUT2D eigenvalue weighted by atomic mass is 9.90. The van der Waals surface area contributed by atoms with Crippen LogP contribution in [0.1, 0.15) is 11.1 Å². The maximum Gasteiger partial charge on any atom is 0.0362 e. The lowest BCUT2D eigenvalue weighted by molar-refractivity contribution is 0.314. The predicted octanol–water partition coefficient (Wildman–Crippen LogP) is 3.21. The zero-order valence-electron chi connectivity index (χ0n) is 11.1. The second-order valence-electron chi connectivity index (χ2n) is 5.19.